The van der Waals surface area contributed by atoms with Crippen LogP contribution in [0.25, 0.3) is 0 Å². The molecule has 6 nitrogen and oxygen atoms in total. The normalized spacial score (nSPS) is 9.88. The number of hydrogen-bond donors (Lipinski definition) is 4. The van der Waals surface area contributed by atoms with Crippen LogP contribution >= 0.6 is 23.8 Å². The third-order valence-electron chi connectivity index (χ3n) is 3.02. The number of rotatable bonds is 5. The zero-order chi connectivity index (χ0) is 18.2. The molecule has 2 rings (SSSR count). The predicted molar refractivity (Wildman–Crippen MR) is 100 cm³/mol. The van der Waals surface area contributed by atoms with Gasteiger partial charge in [-0.1, -0.05) is 17.7 Å². The van der Waals surface area contributed by atoms with Crippen molar-refractivity contribution < 1.29 is 13.9 Å². The summed E-state index contributed by atoms with van der Waals surface area (Å²) in [6, 6.07) is 11.3. The molecule has 0 aliphatic rings. The molecule has 1 amide bonds. The molecule has 0 aromatic heterocycles. The second-order valence-electron chi connectivity index (χ2n) is 4.84. The Labute approximate surface area is 154 Å². The Morgan fingerprint density at radius 3 is 2.72 bits per heavy atom. The van der Waals surface area contributed by atoms with Crippen molar-refractivity contribution >= 4 is 46.2 Å². The lowest BCUT2D eigenvalue weighted by Gasteiger charge is -2.13. The van der Waals surface area contributed by atoms with Crippen LogP contribution in [0.5, 0.6) is 5.75 Å². The Hall–Kier alpha value is -2.58. The first-order valence-corrected chi connectivity index (χ1v) is 7.95. The fourth-order valence-corrected chi connectivity index (χ4v) is 2.17. The van der Waals surface area contributed by atoms with Crippen LogP contribution in [-0.2, 0) is 4.79 Å². The van der Waals surface area contributed by atoms with E-state index in [-0.39, 0.29) is 22.6 Å². The number of hydrogen-bond acceptors (Lipinski definition) is 4. The Morgan fingerprint density at radius 1 is 1.20 bits per heavy atom. The van der Waals surface area contributed by atoms with Crippen LogP contribution in [-0.4, -0.2) is 24.7 Å². The fraction of sp³-hybridized carbons (Fsp3) is 0.125. The Morgan fingerprint density at radius 2 is 2.00 bits per heavy atom. The first-order valence-electron chi connectivity index (χ1n) is 7.17. The minimum absolute atomic E-state index is 0.0284. The smallest absolute Gasteiger partial charge is 0.257 e. The van der Waals surface area contributed by atoms with Crippen molar-refractivity contribution in [2.45, 2.75) is 0 Å². The molecule has 0 saturated heterocycles. The number of anilines is 2. The highest BCUT2D eigenvalue weighted by Gasteiger charge is 2.05. The van der Waals surface area contributed by atoms with Crippen molar-refractivity contribution in [1.82, 2.24) is 10.9 Å². The van der Waals surface area contributed by atoms with Crippen LogP contribution in [0.15, 0.2) is 42.5 Å². The molecule has 0 aliphatic heterocycles. The van der Waals surface area contributed by atoms with Gasteiger partial charge in [0, 0.05) is 17.4 Å². The zero-order valence-corrected chi connectivity index (χ0v) is 14.8. The molecular formula is C16H16ClFN4O2S. The highest BCUT2D eigenvalue weighted by molar-refractivity contribution is 7.80. The molecule has 25 heavy (non-hydrogen) atoms. The predicted octanol–water partition coefficient (Wildman–Crippen LogP) is 2.92. The number of halogens is 2. The molecule has 9 heteroatoms. The number of amides is 1. The summed E-state index contributed by atoms with van der Waals surface area (Å²) in [6.07, 6.45) is 0. The SMILES string of the molecule is COc1cccc(NCC(=O)NNC(=S)Nc2ccc(F)c(Cl)c2)c1. The van der Waals surface area contributed by atoms with E-state index in [0.717, 1.165) is 5.69 Å². The summed E-state index contributed by atoms with van der Waals surface area (Å²) in [5.41, 5.74) is 6.22. The second kappa shape index (κ2) is 9.05. The molecule has 2 aromatic carbocycles. The maximum atomic E-state index is 13.1. The molecule has 2 aromatic rings. The molecule has 0 aliphatic carbocycles. The van der Waals surface area contributed by atoms with E-state index in [1.54, 1.807) is 19.2 Å². The molecule has 0 fully saturated rings. The first kappa shape index (κ1) is 18.8. The standard InChI is InChI=1S/C16H16ClFN4O2S/c1-24-12-4-2-3-10(7-12)19-9-15(23)21-22-16(25)20-11-5-6-14(18)13(17)8-11/h2-8,19H,9H2,1H3,(H,21,23)(H2,20,22,25). The molecule has 0 heterocycles. The van der Waals surface area contributed by atoms with Crippen LogP contribution in [0.4, 0.5) is 15.8 Å². The lowest BCUT2D eigenvalue weighted by atomic mass is 10.3. The summed E-state index contributed by atoms with van der Waals surface area (Å²) in [6.45, 7) is 0.0329. The van der Waals surface area contributed by atoms with Gasteiger partial charge >= 0.3 is 0 Å². The fourth-order valence-electron chi connectivity index (χ4n) is 1.82. The Kier molecular flexibility index (Phi) is 6.79. The summed E-state index contributed by atoms with van der Waals surface area (Å²) >= 11 is 10.7. The van der Waals surface area contributed by atoms with Crippen molar-refractivity contribution in [1.29, 1.82) is 0 Å². The van der Waals surface area contributed by atoms with Gasteiger partial charge in [0.05, 0.1) is 18.7 Å². The Balaban J connectivity index is 1.75. The van der Waals surface area contributed by atoms with Crippen LogP contribution in [0.1, 0.15) is 0 Å². The molecule has 0 spiro atoms. The molecule has 0 radical (unpaired) electrons. The van der Waals surface area contributed by atoms with E-state index >= 15 is 0 Å². The van der Waals surface area contributed by atoms with Crippen LogP contribution in [0, 0.1) is 5.82 Å². The number of hydrazine groups is 1. The van der Waals surface area contributed by atoms with E-state index < -0.39 is 5.82 Å². The zero-order valence-electron chi connectivity index (χ0n) is 13.2. The number of thiocarbonyl (C=S) groups is 1. The highest BCUT2D eigenvalue weighted by Crippen LogP contribution is 2.19. The number of carbonyl (C=O) groups excluding carboxylic acids is 1. The van der Waals surface area contributed by atoms with Gasteiger partial charge in [-0.15, -0.1) is 0 Å². The quantitative estimate of drug-likeness (QED) is 0.470. The van der Waals surface area contributed by atoms with E-state index in [2.05, 4.69) is 21.5 Å². The van der Waals surface area contributed by atoms with E-state index in [1.165, 1.54) is 18.2 Å². The summed E-state index contributed by atoms with van der Waals surface area (Å²) in [5.74, 6) is -0.168. The third kappa shape index (κ3) is 6.09. The highest BCUT2D eigenvalue weighted by atomic mass is 35.5. The van der Waals surface area contributed by atoms with E-state index in [9.17, 15) is 9.18 Å². The van der Waals surface area contributed by atoms with Gasteiger partial charge < -0.3 is 15.4 Å². The summed E-state index contributed by atoms with van der Waals surface area (Å²) in [7, 11) is 1.57. The number of benzene rings is 2. The summed E-state index contributed by atoms with van der Waals surface area (Å²) < 4.78 is 18.2. The van der Waals surface area contributed by atoms with Gasteiger partial charge in [0.25, 0.3) is 5.91 Å². The average molecular weight is 383 g/mol. The molecule has 132 valence electrons. The Bertz CT molecular complexity index is 776. The number of methoxy groups -OCH3 is 1. The lowest BCUT2D eigenvalue weighted by molar-refractivity contribution is -0.119. The minimum atomic E-state index is -0.525. The van der Waals surface area contributed by atoms with Gasteiger partial charge in [-0.05, 0) is 42.5 Å². The van der Waals surface area contributed by atoms with Crippen molar-refractivity contribution in [2.75, 3.05) is 24.3 Å². The van der Waals surface area contributed by atoms with Gasteiger partial charge in [0.1, 0.15) is 11.6 Å². The van der Waals surface area contributed by atoms with Gasteiger partial charge in [-0.2, -0.15) is 0 Å². The maximum absolute atomic E-state index is 13.1. The third-order valence-corrected chi connectivity index (χ3v) is 3.51. The number of nitrogens with one attached hydrogen (secondary N) is 4. The van der Waals surface area contributed by atoms with Crippen molar-refractivity contribution in [3.05, 3.63) is 53.3 Å². The van der Waals surface area contributed by atoms with E-state index in [0.29, 0.717) is 11.4 Å². The molecule has 0 unspecified atom stereocenters. The lowest BCUT2D eigenvalue weighted by Crippen LogP contribution is -2.45. The van der Waals surface area contributed by atoms with Crippen LogP contribution in [0.2, 0.25) is 5.02 Å². The average Bonchev–Trinajstić information content (AvgIpc) is 2.61. The van der Waals surface area contributed by atoms with Crippen LogP contribution < -0.4 is 26.2 Å². The topological polar surface area (TPSA) is 74.4 Å². The van der Waals surface area contributed by atoms with Gasteiger partial charge in [-0.3, -0.25) is 15.6 Å². The van der Waals surface area contributed by atoms with Crippen molar-refractivity contribution in [3.8, 4) is 5.75 Å². The second-order valence-corrected chi connectivity index (χ2v) is 5.66. The minimum Gasteiger partial charge on any atom is -0.497 e. The number of ether oxygens (including phenoxy) is 1. The van der Waals surface area contributed by atoms with Crippen molar-refractivity contribution in [3.63, 3.8) is 0 Å². The van der Waals surface area contributed by atoms with E-state index in [4.69, 9.17) is 28.6 Å². The first-order chi connectivity index (χ1) is 12.0. The maximum Gasteiger partial charge on any atom is 0.257 e. The van der Waals surface area contributed by atoms with Crippen LogP contribution in [0.3, 0.4) is 0 Å². The molecule has 0 atom stereocenters. The van der Waals surface area contributed by atoms with E-state index in [1.807, 2.05) is 12.1 Å². The molecule has 4 N–H and O–H groups in total. The van der Waals surface area contributed by atoms with Crippen molar-refractivity contribution in [2.24, 2.45) is 0 Å². The van der Waals surface area contributed by atoms with Gasteiger partial charge in [0.2, 0.25) is 0 Å². The molecule has 0 bridgehead atoms. The summed E-state index contributed by atoms with van der Waals surface area (Å²) in [5, 5.41) is 5.83. The number of carbonyl (C=O) groups is 1. The summed E-state index contributed by atoms with van der Waals surface area (Å²) in [4.78, 5) is 11.8. The molecular weight excluding hydrogens is 367 g/mol. The van der Waals surface area contributed by atoms with Gasteiger partial charge in [0.15, 0.2) is 5.11 Å². The van der Waals surface area contributed by atoms with Gasteiger partial charge in [-0.25, -0.2) is 4.39 Å². The monoisotopic (exact) mass is 382 g/mol. The molecule has 0 saturated carbocycles. The largest absolute Gasteiger partial charge is 0.497 e.